The van der Waals surface area contributed by atoms with E-state index < -0.39 is 0 Å². The third-order valence-electron chi connectivity index (χ3n) is 1.30. The second-order valence-corrected chi connectivity index (χ2v) is 2.66. The summed E-state index contributed by atoms with van der Waals surface area (Å²) in [6.45, 7) is 0.879. The van der Waals surface area contributed by atoms with Gasteiger partial charge in [0.15, 0.2) is 0 Å². The maximum Gasteiger partial charge on any atom is 0.137 e. The van der Waals surface area contributed by atoms with Crippen LogP contribution < -0.4 is 10.5 Å². The van der Waals surface area contributed by atoms with Crippen molar-refractivity contribution in [2.24, 2.45) is 5.73 Å². The molecule has 0 radical (unpaired) electrons. The minimum absolute atomic E-state index is 0.0196. The smallest absolute Gasteiger partial charge is 0.137 e. The van der Waals surface area contributed by atoms with Crippen LogP contribution in [0.5, 0.6) is 11.5 Å². The highest BCUT2D eigenvalue weighted by atomic mass is 35.5. The lowest BCUT2D eigenvalue weighted by molar-refractivity contribution is 0.326. The molecule has 0 saturated carbocycles. The van der Waals surface area contributed by atoms with Gasteiger partial charge in [0, 0.05) is 12.6 Å². The number of phenolic OH excluding ortho intramolecular Hbond substituents is 1. The van der Waals surface area contributed by atoms with Crippen molar-refractivity contribution in [3.05, 3.63) is 23.2 Å². The van der Waals surface area contributed by atoms with Gasteiger partial charge in [-0.25, -0.2) is 0 Å². The first-order chi connectivity index (χ1) is 5.74. The van der Waals surface area contributed by atoms with E-state index in [1.54, 1.807) is 12.1 Å². The Hall–Kier alpha value is -0.930. The summed E-state index contributed by atoms with van der Waals surface area (Å²) in [5, 5.41) is 9.47. The van der Waals surface area contributed by atoms with Gasteiger partial charge in [0.25, 0.3) is 0 Å². The number of ether oxygens (including phenoxy) is 1. The second kappa shape index (κ2) is 4.18. The Bertz CT molecular complexity index is 265. The number of hydrogen-bond acceptors (Lipinski definition) is 3. The van der Waals surface area contributed by atoms with Gasteiger partial charge in [-0.05, 0) is 12.1 Å². The van der Waals surface area contributed by atoms with Gasteiger partial charge >= 0.3 is 0 Å². The molecule has 0 bridgehead atoms. The van der Waals surface area contributed by atoms with Gasteiger partial charge in [-0.1, -0.05) is 11.6 Å². The van der Waals surface area contributed by atoms with E-state index in [4.69, 9.17) is 27.2 Å². The number of hydrogen-bond donors (Lipinski definition) is 2. The highest BCUT2D eigenvalue weighted by Gasteiger charge is 1.99. The van der Waals surface area contributed by atoms with Crippen LogP contribution in [-0.2, 0) is 0 Å². The summed E-state index contributed by atoms with van der Waals surface area (Å²) in [4.78, 5) is 0. The molecule has 0 saturated heterocycles. The molecule has 0 heterocycles. The number of rotatable bonds is 3. The summed E-state index contributed by atoms with van der Waals surface area (Å²) in [6.07, 6.45) is 0. The zero-order valence-electron chi connectivity index (χ0n) is 6.46. The van der Waals surface area contributed by atoms with Crippen molar-refractivity contribution in [3.63, 3.8) is 0 Å². The van der Waals surface area contributed by atoms with Crippen molar-refractivity contribution in [1.82, 2.24) is 0 Å². The number of halogens is 1. The van der Waals surface area contributed by atoms with Crippen molar-refractivity contribution in [3.8, 4) is 11.5 Å². The van der Waals surface area contributed by atoms with Crippen LogP contribution in [0.25, 0.3) is 0 Å². The lowest BCUT2D eigenvalue weighted by atomic mass is 10.3. The third kappa shape index (κ3) is 2.29. The minimum atomic E-state index is 0.0196. The van der Waals surface area contributed by atoms with E-state index >= 15 is 0 Å². The third-order valence-corrected chi connectivity index (χ3v) is 1.62. The van der Waals surface area contributed by atoms with Crippen LogP contribution in [0.3, 0.4) is 0 Å². The van der Waals surface area contributed by atoms with Gasteiger partial charge in [-0.2, -0.15) is 0 Å². The Kier molecular flexibility index (Phi) is 3.19. The Labute approximate surface area is 75.7 Å². The van der Waals surface area contributed by atoms with E-state index in [9.17, 15) is 0 Å². The molecule has 0 aliphatic rings. The van der Waals surface area contributed by atoms with E-state index in [-0.39, 0.29) is 5.75 Å². The predicted molar refractivity (Wildman–Crippen MR) is 47.7 cm³/mol. The van der Waals surface area contributed by atoms with Crippen LogP contribution in [-0.4, -0.2) is 18.3 Å². The first-order valence-corrected chi connectivity index (χ1v) is 3.93. The topological polar surface area (TPSA) is 55.5 Å². The van der Waals surface area contributed by atoms with E-state index in [1.807, 2.05) is 0 Å². The van der Waals surface area contributed by atoms with Crippen LogP contribution >= 0.6 is 11.6 Å². The summed E-state index contributed by atoms with van der Waals surface area (Å²) < 4.78 is 5.15. The lowest BCUT2D eigenvalue weighted by Gasteiger charge is -2.04. The molecular weight excluding hydrogens is 178 g/mol. The Morgan fingerprint density at radius 3 is 2.83 bits per heavy atom. The zero-order valence-corrected chi connectivity index (χ0v) is 7.21. The van der Waals surface area contributed by atoms with Crippen LogP contribution in [0.1, 0.15) is 0 Å². The van der Waals surface area contributed by atoms with Crippen molar-refractivity contribution >= 4 is 11.6 Å². The predicted octanol–water partition coefficient (Wildman–Crippen LogP) is 1.38. The SMILES string of the molecule is NCCOc1ccc(Cl)c(O)c1. The minimum Gasteiger partial charge on any atom is -0.506 e. The maximum absolute atomic E-state index is 9.16. The molecule has 1 aromatic carbocycles. The van der Waals surface area contributed by atoms with Gasteiger partial charge in [0.2, 0.25) is 0 Å². The summed E-state index contributed by atoms with van der Waals surface area (Å²) in [6, 6.07) is 4.71. The van der Waals surface area contributed by atoms with Crippen molar-refractivity contribution in [2.75, 3.05) is 13.2 Å². The summed E-state index contributed by atoms with van der Waals surface area (Å²) >= 11 is 5.58. The molecule has 0 aromatic heterocycles. The van der Waals surface area contributed by atoms with Gasteiger partial charge in [-0.3, -0.25) is 0 Å². The van der Waals surface area contributed by atoms with E-state index in [0.717, 1.165) is 0 Å². The molecule has 1 rings (SSSR count). The number of benzene rings is 1. The normalized spacial score (nSPS) is 9.83. The first-order valence-electron chi connectivity index (χ1n) is 3.55. The zero-order chi connectivity index (χ0) is 8.97. The van der Waals surface area contributed by atoms with Gasteiger partial charge < -0.3 is 15.6 Å². The quantitative estimate of drug-likeness (QED) is 0.752. The molecular formula is C8H10ClNO2. The van der Waals surface area contributed by atoms with Crippen LogP contribution in [0, 0.1) is 0 Å². The van der Waals surface area contributed by atoms with E-state index in [0.29, 0.717) is 23.9 Å². The largest absolute Gasteiger partial charge is 0.506 e. The molecule has 0 amide bonds. The van der Waals surface area contributed by atoms with Crippen LogP contribution in [0.4, 0.5) is 0 Å². The molecule has 0 aliphatic carbocycles. The molecule has 3 N–H and O–H groups in total. The molecule has 0 fully saturated rings. The molecule has 66 valence electrons. The van der Waals surface area contributed by atoms with Gasteiger partial charge in [0.1, 0.15) is 18.1 Å². The monoisotopic (exact) mass is 187 g/mol. The van der Waals surface area contributed by atoms with Crippen molar-refractivity contribution in [2.45, 2.75) is 0 Å². The van der Waals surface area contributed by atoms with Gasteiger partial charge in [-0.15, -0.1) is 0 Å². The maximum atomic E-state index is 9.16. The summed E-state index contributed by atoms with van der Waals surface area (Å²) in [5.74, 6) is 0.591. The van der Waals surface area contributed by atoms with Gasteiger partial charge in [0.05, 0.1) is 5.02 Å². The first kappa shape index (κ1) is 9.16. The molecule has 0 atom stereocenters. The Balaban J connectivity index is 2.69. The fourth-order valence-corrected chi connectivity index (χ4v) is 0.877. The highest BCUT2D eigenvalue weighted by Crippen LogP contribution is 2.27. The molecule has 4 heteroatoms. The average Bonchev–Trinajstić information content (AvgIpc) is 2.07. The lowest BCUT2D eigenvalue weighted by Crippen LogP contribution is -2.10. The fourth-order valence-electron chi connectivity index (χ4n) is 0.759. The van der Waals surface area contributed by atoms with Crippen LogP contribution in [0.15, 0.2) is 18.2 Å². The Morgan fingerprint density at radius 2 is 2.25 bits per heavy atom. The van der Waals surface area contributed by atoms with Crippen LogP contribution in [0.2, 0.25) is 5.02 Å². The number of phenols is 1. The summed E-state index contributed by atoms with van der Waals surface area (Å²) in [5.41, 5.74) is 5.23. The summed E-state index contributed by atoms with van der Waals surface area (Å²) in [7, 11) is 0. The number of aromatic hydroxyl groups is 1. The molecule has 1 aromatic rings. The molecule has 0 aliphatic heterocycles. The Morgan fingerprint density at radius 1 is 1.50 bits per heavy atom. The van der Waals surface area contributed by atoms with E-state index in [2.05, 4.69) is 0 Å². The fraction of sp³-hybridized carbons (Fsp3) is 0.250. The molecule has 0 unspecified atom stereocenters. The van der Waals surface area contributed by atoms with Crippen molar-refractivity contribution in [1.29, 1.82) is 0 Å². The molecule has 3 nitrogen and oxygen atoms in total. The standard InChI is InChI=1S/C8H10ClNO2/c9-7-2-1-6(5-8(7)11)12-4-3-10/h1-2,5,11H,3-4,10H2. The number of nitrogens with two attached hydrogens (primary N) is 1. The van der Waals surface area contributed by atoms with Crippen molar-refractivity contribution < 1.29 is 9.84 Å². The second-order valence-electron chi connectivity index (χ2n) is 2.25. The molecule has 0 spiro atoms. The molecule has 12 heavy (non-hydrogen) atoms. The van der Waals surface area contributed by atoms with E-state index in [1.165, 1.54) is 6.07 Å². The highest BCUT2D eigenvalue weighted by molar-refractivity contribution is 6.32. The average molecular weight is 188 g/mol.